The number of carbonyl (C=O) groups excluding carboxylic acids is 3. The van der Waals surface area contributed by atoms with Gasteiger partial charge in [0.25, 0.3) is 0 Å². The van der Waals surface area contributed by atoms with E-state index in [2.05, 4.69) is 10.1 Å². The van der Waals surface area contributed by atoms with E-state index in [9.17, 15) is 14.4 Å². The molecule has 1 heterocycles. The third-order valence-corrected chi connectivity index (χ3v) is 4.55. The highest BCUT2D eigenvalue weighted by molar-refractivity contribution is 7.17. The Labute approximate surface area is 126 Å². The Morgan fingerprint density at radius 3 is 2.57 bits per heavy atom. The van der Waals surface area contributed by atoms with E-state index in [1.54, 1.807) is 0 Å². The zero-order valence-corrected chi connectivity index (χ0v) is 12.8. The van der Waals surface area contributed by atoms with E-state index >= 15 is 0 Å². The van der Waals surface area contributed by atoms with Crippen LogP contribution >= 0.6 is 11.3 Å². The molecule has 0 unspecified atom stereocenters. The van der Waals surface area contributed by atoms with Gasteiger partial charge < -0.3 is 14.8 Å². The number of ether oxygens (including phenoxy) is 2. The van der Waals surface area contributed by atoms with Crippen LogP contribution in [0.4, 0.5) is 5.00 Å². The minimum Gasteiger partial charge on any atom is -0.469 e. The zero-order chi connectivity index (χ0) is 15.4. The maximum Gasteiger partial charge on any atom is 0.341 e. The molecule has 0 bridgehead atoms. The summed E-state index contributed by atoms with van der Waals surface area (Å²) in [5, 5.41) is 3.22. The fraction of sp³-hybridized carbons (Fsp3) is 0.500. The molecule has 0 saturated carbocycles. The fourth-order valence-corrected chi connectivity index (χ4v) is 3.61. The second-order valence-electron chi connectivity index (χ2n) is 4.68. The lowest BCUT2D eigenvalue weighted by Gasteiger charge is -2.06. The molecule has 0 atom stereocenters. The van der Waals surface area contributed by atoms with E-state index in [1.807, 2.05) is 0 Å². The highest BCUT2D eigenvalue weighted by Gasteiger charge is 2.27. The van der Waals surface area contributed by atoms with Gasteiger partial charge in [-0.2, -0.15) is 0 Å². The van der Waals surface area contributed by atoms with E-state index in [-0.39, 0.29) is 18.7 Å². The molecule has 1 aromatic heterocycles. The average Bonchev–Trinajstić information content (AvgIpc) is 3.04. The summed E-state index contributed by atoms with van der Waals surface area (Å²) < 4.78 is 9.29. The fourth-order valence-electron chi connectivity index (χ4n) is 2.32. The largest absolute Gasteiger partial charge is 0.469 e. The summed E-state index contributed by atoms with van der Waals surface area (Å²) in [6, 6.07) is 0. The van der Waals surface area contributed by atoms with E-state index in [1.165, 1.54) is 25.6 Å². The summed E-state index contributed by atoms with van der Waals surface area (Å²) in [5.41, 5.74) is 1.44. The van der Waals surface area contributed by atoms with Crippen LogP contribution in [0.2, 0.25) is 0 Å². The molecule has 2 rings (SSSR count). The van der Waals surface area contributed by atoms with Gasteiger partial charge in [0.1, 0.15) is 5.00 Å². The van der Waals surface area contributed by atoms with Gasteiger partial charge in [0.15, 0.2) is 0 Å². The normalized spacial score (nSPS) is 12.7. The van der Waals surface area contributed by atoms with Crippen LogP contribution in [0.5, 0.6) is 0 Å². The summed E-state index contributed by atoms with van der Waals surface area (Å²) in [6.45, 7) is 0. The lowest BCUT2D eigenvalue weighted by Crippen LogP contribution is -2.15. The van der Waals surface area contributed by atoms with Gasteiger partial charge in [0.2, 0.25) is 5.91 Å². The molecular formula is C14H17NO5S. The van der Waals surface area contributed by atoms with Crippen molar-refractivity contribution in [3.63, 3.8) is 0 Å². The van der Waals surface area contributed by atoms with Gasteiger partial charge in [-0.25, -0.2) is 4.79 Å². The highest BCUT2D eigenvalue weighted by atomic mass is 32.1. The number of thiophene rings is 1. The Balaban J connectivity index is 2.11. The van der Waals surface area contributed by atoms with Gasteiger partial charge >= 0.3 is 11.9 Å². The molecule has 0 aromatic carbocycles. The van der Waals surface area contributed by atoms with Crippen molar-refractivity contribution in [3.8, 4) is 0 Å². The van der Waals surface area contributed by atoms with Crippen molar-refractivity contribution in [3.05, 3.63) is 16.0 Å². The molecule has 0 spiro atoms. The molecule has 1 amide bonds. The molecule has 6 nitrogen and oxygen atoms in total. The van der Waals surface area contributed by atoms with Gasteiger partial charge in [0.05, 0.1) is 26.2 Å². The summed E-state index contributed by atoms with van der Waals surface area (Å²) >= 11 is 1.41. The lowest BCUT2D eigenvalue weighted by atomic mass is 10.1. The molecule has 0 fully saturated rings. The second kappa shape index (κ2) is 6.71. The van der Waals surface area contributed by atoms with Crippen LogP contribution in [0.3, 0.4) is 0 Å². The number of fused-ring (bicyclic) bond motifs is 1. The summed E-state index contributed by atoms with van der Waals surface area (Å²) in [6.07, 6.45) is 2.80. The number of aryl methyl sites for hydroxylation is 1. The van der Waals surface area contributed by atoms with Crippen molar-refractivity contribution in [2.75, 3.05) is 19.5 Å². The summed E-state index contributed by atoms with van der Waals surface area (Å²) in [4.78, 5) is 35.9. The van der Waals surface area contributed by atoms with Crippen LogP contribution in [0.1, 0.15) is 40.1 Å². The van der Waals surface area contributed by atoms with Crippen molar-refractivity contribution in [2.24, 2.45) is 0 Å². The third kappa shape index (κ3) is 3.41. The monoisotopic (exact) mass is 311 g/mol. The number of hydrogen-bond donors (Lipinski definition) is 1. The zero-order valence-electron chi connectivity index (χ0n) is 12.0. The molecule has 1 aliphatic rings. The molecule has 0 saturated heterocycles. The van der Waals surface area contributed by atoms with Gasteiger partial charge in [-0.15, -0.1) is 11.3 Å². The molecule has 0 aliphatic heterocycles. The second-order valence-corrected chi connectivity index (χ2v) is 5.78. The quantitative estimate of drug-likeness (QED) is 0.840. The first kappa shape index (κ1) is 15.5. The minimum absolute atomic E-state index is 0.0149. The van der Waals surface area contributed by atoms with Gasteiger partial charge in [-0.1, -0.05) is 0 Å². The SMILES string of the molecule is COC(=O)CCC(=O)Nc1sc2c(c1C(=O)OC)CCC2. The highest BCUT2D eigenvalue weighted by Crippen LogP contribution is 2.39. The molecule has 1 aliphatic carbocycles. The van der Waals surface area contributed by atoms with Crippen molar-refractivity contribution in [1.82, 2.24) is 0 Å². The summed E-state index contributed by atoms with van der Waals surface area (Å²) in [5.74, 6) is -1.19. The van der Waals surface area contributed by atoms with Gasteiger partial charge in [0, 0.05) is 11.3 Å². The van der Waals surface area contributed by atoms with Gasteiger partial charge in [-0.3, -0.25) is 9.59 Å². The van der Waals surface area contributed by atoms with Crippen molar-refractivity contribution in [2.45, 2.75) is 32.1 Å². The Morgan fingerprint density at radius 1 is 1.14 bits per heavy atom. The summed E-state index contributed by atoms with van der Waals surface area (Å²) in [7, 11) is 2.60. The molecule has 21 heavy (non-hydrogen) atoms. The first-order valence-corrected chi connectivity index (χ1v) is 7.48. The number of nitrogens with one attached hydrogen (secondary N) is 1. The molecule has 114 valence electrons. The standard InChI is InChI=1S/C14H17NO5S/c1-19-11(17)7-6-10(16)15-13-12(14(18)20-2)8-4-3-5-9(8)21-13/h3-7H2,1-2H3,(H,15,16). The Kier molecular flexibility index (Phi) is 4.95. The van der Waals surface area contributed by atoms with Crippen LogP contribution in [0, 0.1) is 0 Å². The smallest absolute Gasteiger partial charge is 0.341 e. The number of carbonyl (C=O) groups is 3. The van der Waals surface area contributed by atoms with Crippen LogP contribution in [0.15, 0.2) is 0 Å². The Hall–Kier alpha value is -1.89. The van der Waals surface area contributed by atoms with Crippen LogP contribution in [-0.2, 0) is 31.9 Å². The minimum atomic E-state index is -0.438. The Morgan fingerprint density at radius 2 is 1.90 bits per heavy atom. The van der Waals surface area contributed by atoms with E-state index in [0.717, 1.165) is 29.7 Å². The first-order chi connectivity index (χ1) is 10.1. The number of anilines is 1. The maximum absolute atomic E-state index is 11.9. The Bertz CT molecular complexity index is 578. The van der Waals surface area contributed by atoms with Crippen LogP contribution < -0.4 is 5.32 Å². The number of amides is 1. The first-order valence-electron chi connectivity index (χ1n) is 6.66. The molecule has 1 aromatic rings. The van der Waals surface area contributed by atoms with Crippen molar-refractivity contribution >= 4 is 34.2 Å². The average molecular weight is 311 g/mol. The molecular weight excluding hydrogens is 294 g/mol. The van der Waals surface area contributed by atoms with Crippen molar-refractivity contribution < 1.29 is 23.9 Å². The van der Waals surface area contributed by atoms with E-state index < -0.39 is 11.9 Å². The maximum atomic E-state index is 11.9. The number of methoxy groups -OCH3 is 2. The number of esters is 2. The topological polar surface area (TPSA) is 81.7 Å². The van der Waals surface area contributed by atoms with E-state index in [4.69, 9.17) is 4.74 Å². The molecule has 0 radical (unpaired) electrons. The predicted octanol–water partition coefficient (Wildman–Crippen LogP) is 1.92. The number of rotatable bonds is 5. The molecule has 1 N–H and O–H groups in total. The molecule has 7 heteroatoms. The van der Waals surface area contributed by atoms with E-state index in [0.29, 0.717) is 10.6 Å². The third-order valence-electron chi connectivity index (χ3n) is 3.35. The van der Waals surface area contributed by atoms with Crippen molar-refractivity contribution in [1.29, 1.82) is 0 Å². The number of hydrogen-bond acceptors (Lipinski definition) is 6. The van der Waals surface area contributed by atoms with Crippen LogP contribution in [-0.4, -0.2) is 32.1 Å². The van der Waals surface area contributed by atoms with Gasteiger partial charge in [-0.05, 0) is 24.8 Å². The lowest BCUT2D eigenvalue weighted by molar-refractivity contribution is -0.141. The van der Waals surface area contributed by atoms with Crippen LogP contribution in [0.25, 0.3) is 0 Å². The predicted molar refractivity (Wildman–Crippen MR) is 77.6 cm³/mol.